The van der Waals surface area contributed by atoms with E-state index in [0.29, 0.717) is 17.7 Å². The number of aromatic nitrogens is 3. The largest absolute Gasteiger partial charge is 0.354 e. The molecule has 1 saturated carbocycles. The SMILES string of the molecule is CCC1(CNC(=O)Cn2cc(CN)nn2)CC1. The normalized spacial score (nSPS) is 16.8. The van der Waals surface area contributed by atoms with Crippen LogP contribution in [0.4, 0.5) is 0 Å². The first-order valence-corrected chi connectivity index (χ1v) is 6.03. The Kier molecular flexibility index (Phi) is 3.42. The number of nitrogens with one attached hydrogen (secondary N) is 1. The zero-order chi connectivity index (χ0) is 12.3. The van der Waals surface area contributed by atoms with E-state index in [9.17, 15) is 4.79 Å². The molecular weight excluding hydrogens is 218 g/mol. The molecule has 3 N–H and O–H groups in total. The van der Waals surface area contributed by atoms with Gasteiger partial charge in [0.25, 0.3) is 0 Å². The second kappa shape index (κ2) is 4.83. The van der Waals surface area contributed by atoms with Crippen LogP contribution in [0, 0.1) is 5.41 Å². The summed E-state index contributed by atoms with van der Waals surface area (Å²) >= 11 is 0. The lowest BCUT2D eigenvalue weighted by Gasteiger charge is -2.13. The third kappa shape index (κ3) is 3.03. The minimum atomic E-state index is -0.0156. The molecule has 17 heavy (non-hydrogen) atoms. The summed E-state index contributed by atoms with van der Waals surface area (Å²) in [5.74, 6) is -0.0156. The number of hydrogen-bond acceptors (Lipinski definition) is 4. The zero-order valence-electron chi connectivity index (χ0n) is 10.1. The monoisotopic (exact) mass is 237 g/mol. The molecule has 0 bridgehead atoms. The standard InChI is InChI=1S/C11H19N5O/c1-2-11(3-4-11)8-13-10(17)7-16-6-9(5-12)14-15-16/h6H,2-5,7-8,12H2,1H3,(H,13,17). The quantitative estimate of drug-likeness (QED) is 0.731. The highest BCUT2D eigenvalue weighted by atomic mass is 16.2. The van der Waals surface area contributed by atoms with Gasteiger partial charge in [-0.2, -0.15) is 0 Å². The van der Waals surface area contributed by atoms with E-state index in [1.165, 1.54) is 17.5 Å². The van der Waals surface area contributed by atoms with Crippen molar-refractivity contribution in [2.75, 3.05) is 6.54 Å². The van der Waals surface area contributed by atoms with E-state index in [-0.39, 0.29) is 12.5 Å². The zero-order valence-corrected chi connectivity index (χ0v) is 10.1. The highest BCUT2D eigenvalue weighted by molar-refractivity contribution is 5.75. The Morgan fingerprint density at radius 1 is 1.65 bits per heavy atom. The molecule has 2 rings (SSSR count). The molecule has 0 radical (unpaired) electrons. The molecule has 6 heteroatoms. The van der Waals surface area contributed by atoms with Crippen LogP contribution in [-0.4, -0.2) is 27.4 Å². The van der Waals surface area contributed by atoms with Crippen molar-refractivity contribution in [2.24, 2.45) is 11.1 Å². The fourth-order valence-electron chi connectivity index (χ4n) is 1.83. The summed E-state index contributed by atoms with van der Waals surface area (Å²) in [5, 5.41) is 10.6. The van der Waals surface area contributed by atoms with Gasteiger partial charge in [0.2, 0.25) is 5.91 Å². The first kappa shape index (κ1) is 12.0. The van der Waals surface area contributed by atoms with Crippen LogP contribution in [0.3, 0.4) is 0 Å². The molecule has 0 aliphatic heterocycles. The van der Waals surface area contributed by atoms with Crippen LogP contribution in [0.25, 0.3) is 0 Å². The maximum atomic E-state index is 11.7. The first-order valence-electron chi connectivity index (χ1n) is 6.03. The molecule has 6 nitrogen and oxygen atoms in total. The number of hydrogen-bond donors (Lipinski definition) is 2. The minimum absolute atomic E-state index is 0.0156. The summed E-state index contributed by atoms with van der Waals surface area (Å²) in [6.45, 7) is 3.51. The lowest BCUT2D eigenvalue weighted by atomic mass is 10.0. The molecule has 1 aliphatic rings. The maximum Gasteiger partial charge on any atom is 0.241 e. The summed E-state index contributed by atoms with van der Waals surface area (Å²) in [7, 11) is 0. The Hall–Kier alpha value is -1.43. The molecule has 0 aromatic carbocycles. The average Bonchev–Trinajstić information content (AvgIpc) is 2.99. The van der Waals surface area contributed by atoms with E-state index < -0.39 is 0 Å². The molecule has 0 spiro atoms. The van der Waals surface area contributed by atoms with Gasteiger partial charge in [-0.15, -0.1) is 5.10 Å². The van der Waals surface area contributed by atoms with Crippen molar-refractivity contribution in [1.82, 2.24) is 20.3 Å². The molecule has 1 aromatic heterocycles. The second-order valence-electron chi connectivity index (χ2n) is 4.74. The van der Waals surface area contributed by atoms with Crippen LogP contribution in [0.1, 0.15) is 31.9 Å². The highest BCUT2D eigenvalue weighted by Crippen LogP contribution is 2.47. The fraction of sp³-hybridized carbons (Fsp3) is 0.727. The predicted molar refractivity (Wildman–Crippen MR) is 62.9 cm³/mol. The fourth-order valence-corrected chi connectivity index (χ4v) is 1.83. The first-order chi connectivity index (χ1) is 8.17. The van der Waals surface area contributed by atoms with Gasteiger partial charge in [0, 0.05) is 13.1 Å². The third-order valence-electron chi connectivity index (χ3n) is 3.47. The summed E-state index contributed by atoms with van der Waals surface area (Å²) in [6.07, 6.45) is 5.29. The molecule has 1 aromatic rings. The van der Waals surface area contributed by atoms with Crippen molar-refractivity contribution in [3.8, 4) is 0 Å². The Labute approximate surface area is 101 Å². The van der Waals surface area contributed by atoms with E-state index in [4.69, 9.17) is 5.73 Å². The van der Waals surface area contributed by atoms with Gasteiger partial charge >= 0.3 is 0 Å². The van der Waals surface area contributed by atoms with Gasteiger partial charge < -0.3 is 11.1 Å². The summed E-state index contributed by atoms with van der Waals surface area (Å²) in [5.41, 5.74) is 6.49. The highest BCUT2D eigenvalue weighted by Gasteiger charge is 2.40. The lowest BCUT2D eigenvalue weighted by Crippen LogP contribution is -2.32. The van der Waals surface area contributed by atoms with E-state index in [1.54, 1.807) is 6.20 Å². The maximum absolute atomic E-state index is 11.7. The molecule has 1 amide bonds. The van der Waals surface area contributed by atoms with Crippen molar-refractivity contribution in [1.29, 1.82) is 0 Å². The average molecular weight is 237 g/mol. The van der Waals surface area contributed by atoms with Gasteiger partial charge in [0.05, 0.1) is 11.9 Å². The van der Waals surface area contributed by atoms with Gasteiger partial charge in [0.1, 0.15) is 6.54 Å². The van der Waals surface area contributed by atoms with E-state index >= 15 is 0 Å². The lowest BCUT2D eigenvalue weighted by molar-refractivity contribution is -0.122. The third-order valence-corrected chi connectivity index (χ3v) is 3.47. The molecule has 94 valence electrons. The minimum Gasteiger partial charge on any atom is -0.354 e. The second-order valence-corrected chi connectivity index (χ2v) is 4.74. The number of amides is 1. The number of rotatable bonds is 6. The number of nitrogens with zero attached hydrogens (tertiary/aromatic N) is 3. The van der Waals surface area contributed by atoms with Crippen LogP contribution in [-0.2, 0) is 17.9 Å². The Bertz CT molecular complexity index is 396. The van der Waals surface area contributed by atoms with E-state index in [1.807, 2.05) is 0 Å². The molecule has 0 saturated heterocycles. The summed E-state index contributed by atoms with van der Waals surface area (Å²) in [4.78, 5) is 11.7. The van der Waals surface area contributed by atoms with Gasteiger partial charge in [-0.3, -0.25) is 4.79 Å². The predicted octanol–water partition coefficient (Wildman–Crippen LogP) is 0.0432. The molecular formula is C11H19N5O. The van der Waals surface area contributed by atoms with Crippen molar-refractivity contribution in [3.05, 3.63) is 11.9 Å². The van der Waals surface area contributed by atoms with Crippen LogP contribution in [0.5, 0.6) is 0 Å². The Morgan fingerprint density at radius 3 is 2.94 bits per heavy atom. The van der Waals surface area contributed by atoms with Gasteiger partial charge in [0.15, 0.2) is 0 Å². The van der Waals surface area contributed by atoms with Crippen molar-refractivity contribution in [2.45, 2.75) is 39.3 Å². The van der Waals surface area contributed by atoms with E-state index in [2.05, 4.69) is 22.6 Å². The molecule has 1 aliphatic carbocycles. The number of nitrogens with two attached hydrogens (primary N) is 1. The van der Waals surface area contributed by atoms with Gasteiger partial charge in [-0.1, -0.05) is 12.1 Å². The molecule has 0 unspecified atom stereocenters. The smallest absolute Gasteiger partial charge is 0.241 e. The number of carbonyl (C=O) groups is 1. The van der Waals surface area contributed by atoms with Crippen molar-refractivity contribution in [3.63, 3.8) is 0 Å². The summed E-state index contributed by atoms with van der Waals surface area (Å²) in [6, 6.07) is 0. The van der Waals surface area contributed by atoms with Crippen molar-refractivity contribution < 1.29 is 4.79 Å². The van der Waals surface area contributed by atoms with Crippen LogP contribution in [0.15, 0.2) is 6.20 Å². The van der Waals surface area contributed by atoms with E-state index in [0.717, 1.165) is 13.0 Å². The summed E-state index contributed by atoms with van der Waals surface area (Å²) < 4.78 is 1.52. The van der Waals surface area contributed by atoms with Crippen LogP contribution in [0.2, 0.25) is 0 Å². The van der Waals surface area contributed by atoms with Gasteiger partial charge in [-0.25, -0.2) is 4.68 Å². The van der Waals surface area contributed by atoms with Gasteiger partial charge in [-0.05, 0) is 24.7 Å². The van der Waals surface area contributed by atoms with Crippen LogP contribution < -0.4 is 11.1 Å². The molecule has 1 fully saturated rings. The van der Waals surface area contributed by atoms with Crippen LogP contribution >= 0.6 is 0 Å². The Balaban J connectivity index is 1.77. The topological polar surface area (TPSA) is 85.8 Å². The Morgan fingerprint density at radius 2 is 2.41 bits per heavy atom. The molecule has 1 heterocycles. The molecule has 0 atom stereocenters. The number of carbonyl (C=O) groups excluding carboxylic acids is 1. The van der Waals surface area contributed by atoms with Crippen molar-refractivity contribution >= 4 is 5.91 Å².